The lowest BCUT2D eigenvalue weighted by Crippen LogP contribution is -2.20. The fourth-order valence-corrected chi connectivity index (χ4v) is 2.76. The van der Waals surface area contributed by atoms with E-state index in [0.29, 0.717) is 5.69 Å². The highest BCUT2D eigenvalue weighted by Crippen LogP contribution is 2.35. The van der Waals surface area contributed by atoms with Crippen LogP contribution in [-0.2, 0) is 4.74 Å². The summed E-state index contributed by atoms with van der Waals surface area (Å²) in [6.45, 7) is 0. The number of alkyl carbamates (subject to hydrolysis) is 1. The Hall–Kier alpha value is -3.72. The molecule has 1 aliphatic rings. The number of carbonyl (C=O) groups excluding carboxylic acids is 1. The molecule has 1 aromatic carbocycles. The predicted octanol–water partition coefficient (Wildman–Crippen LogP) is 2.79. The van der Waals surface area contributed by atoms with Crippen LogP contribution in [-0.4, -0.2) is 21.0 Å². The zero-order chi connectivity index (χ0) is 17.8. The number of amides is 1. The van der Waals surface area contributed by atoms with Crippen molar-refractivity contribution in [2.24, 2.45) is 0 Å². The summed E-state index contributed by atoms with van der Waals surface area (Å²) in [6.07, 6.45) is 7.18. The highest BCUT2D eigenvalue weighted by molar-refractivity contribution is 5.71. The monoisotopic (exact) mass is 342 g/mol. The Bertz CT molecular complexity index is 981. The van der Waals surface area contributed by atoms with Gasteiger partial charge in [-0.1, -0.05) is 24.0 Å². The minimum absolute atomic E-state index is 0.348. The van der Waals surface area contributed by atoms with E-state index in [-0.39, 0.29) is 6.04 Å². The van der Waals surface area contributed by atoms with Gasteiger partial charge < -0.3 is 10.1 Å². The summed E-state index contributed by atoms with van der Waals surface area (Å²) in [7, 11) is 0. The van der Waals surface area contributed by atoms with E-state index in [0.717, 1.165) is 16.7 Å². The van der Waals surface area contributed by atoms with Crippen LogP contribution >= 0.6 is 0 Å². The van der Waals surface area contributed by atoms with Crippen LogP contribution in [0.3, 0.4) is 0 Å². The molecule has 1 aliphatic heterocycles. The quantitative estimate of drug-likeness (QED) is 0.725. The first-order valence-corrected chi connectivity index (χ1v) is 8.05. The zero-order valence-electron chi connectivity index (χ0n) is 13.7. The van der Waals surface area contributed by atoms with Crippen LogP contribution in [0, 0.1) is 11.8 Å². The first-order valence-electron chi connectivity index (χ1n) is 8.05. The number of pyridine rings is 1. The number of ether oxygens (including phenoxy) is 1. The number of aromatic nitrogens is 3. The zero-order valence-corrected chi connectivity index (χ0v) is 13.7. The fraction of sp³-hybridized carbons (Fsp3) is 0.100. The van der Waals surface area contributed by atoms with Crippen molar-refractivity contribution in [1.82, 2.24) is 20.3 Å². The van der Waals surface area contributed by atoms with Crippen molar-refractivity contribution in [2.75, 3.05) is 0 Å². The van der Waals surface area contributed by atoms with Crippen LogP contribution in [0.1, 0.15) is 34.5 Å². The highest BCUT2D eigenvalue weighted by Gasteiger charge is 2.37. The largest absolute Gasteiger partial charge is 0.437 e. The summed E-state index contributed by atoms with van der Waals surface area (Å²) in [5, 5.41) is 2.83. The van der Waals surface area contributed by atoms with Gasteiger partial charge in [-0.2, -0.15) is 0 Å². The van der Waals surface area contributed by atoms with Gasteiger partial charge in [-0.05, 0) is 29.8 Å². The van der Waals surface area contributed by atoms with E-state index in [1.165, 1.54) is 0 Å². The molecule has 126 valence electrons. The third-order valence-corrected chi connectivity index (χ3v) is 3.94. The molecule has 4 rings (SSSR count). The minimum atomic E-state index is -0.530. The molecule has 26 heavy (non-hydrogen) atoms. The molecule has 3 heterocycles. The molecule has 6 nitrogen and oxygen atoms in total. The van der Waals surface area contributed by atoms with Crippen LogP contribution in [0.2, 0.25) is 0 Å². The van der Waals surface area contributed by atoms with Gasteiger partial charge >= 0.3 is 6.09 Å². The van der Waals surface area contributed by atoms with Gasteiger partial charge in [0, 0.05) is 35.9 Å². The summed E-state index contributed by atoms with van der Waals surface area (Å²) < 4.78 is 5.39. The van der Waals surface area contributed by atoms with Crippen molar-refractivity contribution in [3.05, 3.63) is 89.8 Å². The number of hydrogen-bond acceptors (Lipinski definition) is 5. The van der Waals surface area contributed by atoms with Gasteiger partial charge in [0.05, 0.1) is 6.20 Å². The molecule has 1 fully saturated rings. The van der Waals surface area contributed by atoms with E-state index in [1.807, 2.05) is 36.4 Å². The molecule has 0 bridgehead atoms. The second-order valence-corrected chi connectivity index (χ2v) is 5.70. The maximum atomic E-state index is 11.8. The van der Waals surface area contributed by atoms with E-state index in [1.54, 1.807) is 31.0 Å². The lowest BCUT2D eigenvalue weighted by molar-refractivity contribution is 0.129. The van der Waals surface area contributed by atoms with Crippen LogP contribution in [0.4, 0.5) is 4.79 Å². The highest BCUT2D eigenvalue weighted by atomic mass is 16.6. The lowest BCUT2D eigenvalue weighted by Gasteiger charge is -2.16. The predicted molar refractivity (Wildman–Crippen MR) is 93.8 cm³/mol. The normalized spacial score (nSPS) is 18.4. The van der Waals surface area contributed by atoms with E-state index >= 15 is 0 Å². The van der Waals surface area contributed by atoms with Crippen molar-refractivity contribution < 1.29 is 9.53 Å². The molecule has 0 unspecified atom stereocenters. The van der Waals surface area contributed by atoms with Crippen LogP contribution in [0.25, 0.3) is 0 Å². The molecule has 0 spiro atoms. The topological polar surface area (TPSA) is 77.0 Å². The molecule has 0 saturated carbocycles. The molecular weight excluding hydrogens is 328 g/mol. The molecule has 0 radical (unpaired) electrons. The summed E-state index contributed by atoms with van der Waals surface area (Å²) in [4.78, 5) is 24.1. The maximum Gasteiger partial charge on any atom is 0.408 e. The van der Waals surface area contributed by atoms with Crippen molar-refractivity contribution in [2.45, 2.75) is 12.1 Å². The molecule has 6 heteroatoms. The van der Waals surface area contributed by atoms with Crippen molar-refractivity contribution >= 4 is 6.09 Å². The molecule has 2 atom stereocenters. The number of nitrogens with one attached hydrogen (secondary N) is 1. The summed E-state index contributed by atoms with van der Waals surface area (Å²) in [5.74, 6) is 6.20. The second-order valence-electron chi connectivity index (χ2n) is 5.70. The average Bonchev–Trinajstić information content (AvgIpc) is 3.10. The van der Waals surface area contributed by atoms with Gasteiger partial charge in [-0.3, -0.25) is 15.0 Å². The summed E-state index contributed by atoms with van der Waals surface area (Å²) in [6, 6.07) is 11.1. The van der Waals surface area contributed by atoms with Gasteiger partial charge in [0.1, 0.15) is 11.7 Å². The van der Waals surface area contributed by atoms with Gasteiger partial charge in [0.15, 0.2) is 6.10 Å². The maximum absolute atomic E-state index is 11.8. The summed E-state index contributed by atoms with van der Waals surface area (Å²) in [5.41, 5.74) is 3.17. The molecule has 0 aliphatic carbocycles. The van der Waals surface area contributed by atoms with E-state index < -0.39 is 12.2 Å². The number of cyclic esters (lactones) is 1. The van der Waals surface area contributed by atoms with E-state index in [9.17, 15) is 4.79 Å². The fourth-order valence-electron chi connectivity index (χ4n) is 2.76. The Kier molecular flexibility index (Phi) is 4.27. The molecule has 2 aromatic heterocycles. The van der Waals surface area contributed by atoms with Crippen molar-refractivity contribution in [1.29, 1.82) is 0 Å². The Labute approximate surface area is 150 Å². The molecule has 1 N–H and O–H groups in total. The van der Waals surface area contributed by atoms with Crippen molar-refractivity contribution in [3.63, 3.8) is 0 Å². The molecular formula is C20H14N4O2. The van der Waals surface area contributed by atoms with Crippen LogP contribution < -0.4 is 5.32 Å². The van der Waals surface area contributed by atoms with Crippen LogP contribution in [0.5, 0.6) is 0 Å². The van der Waals surface area contributed by atoms with Crippen molar-refractivity contribution in [3.8, 4) is 11.8 Å². The minimum Gasteiger partial charge on any atom is -0.437 e. The number of carbonyl (C=O) groups is 1. The Morgan fingerprint density at radius 2 is 1.81 bits per heavy atom. The second kappa shape index (κ2) is 7.03. The number of nitrogens with zero attached hydrogens (tertiary/aromatic N) is 3. The Balaban J connectivity index is 1.63. The van der Waals surface area contributed by atoms with Gasteiger partial charge in [-0.25, -0.2) is 4.79 Å². The van der Waals surface area contributed by atoms with Gasteiger partial charge in [-0.15, -0.1) is 0 Å². The third kappa shape index (κ3) is 3.37. The summed E-state index contributed by atoms with van der Waals surface area (Å²) >= 11 is 0. The third-order valence-electron chi connectivity index (χ3n) is 3.94. The SMILES string of the molecule is O=C1N[C@H](c2cccc(C#Cc3cccnc3)c2)[C@H](c2cnccn2)O1. The van der Waals surface area contributed by atoms with Gasteiger partial charge in [0.2, 0.25) is 0 Å². The first kappa shape index (κ1) is 15.8. The lowest BCUT2D eigenvalue weighted by atomic mass is 9.98. The smallest absolute Gasteiger partial charge is 0.408 e. The molecule has 1 saturated heterocycles. The van der Waals surface area contributed by atoms with Gasteiger partial charge in [0.25, 0.3) is 0 Å². The van der Waals surface area contributed by atoms with Crippen LogP contribution in [0.15, 0.2) is 67.4 Å². The molecule has 1 amide bonds. The first-order chi connectivity index (χ1) is 12.8. The molecule has 3 aromatic rings. The number of rotatable bonds is 2. The Morgan fingerprint density at radius 3 is 2.62 bits per heavy atom. The number of hydrogen-bond donors (Lipinski definition) is 1. The Morgan fingerprint density at radius 1 is 0.962 bits per heavy atom. The number of benzene rings is 1. The van der Waals surface area contributed by atoms with E-state index in [4.69, 9.17) is 4.74 Å². The van der Waals surface area contributed by atoms with E-state index in [2.05, 4.69) is 32.1 Å². The standard InChI is InChI=1S/C20H14N4O2/c25-20-24-18(19(26-20)17-13-22-9-10-23-17)16-5-1-3-14(11-16)6-7-15-4-2-8-21-12-15/h1-5,8-13,18-19H,(H,24,25)/t18-,19+/m1/s1. The average molecular weight is 342 g/mol.